The number of pyridine rings is 1. The Hall–Kier alpha value is -1.65. The van der Waals surface area contributed by atoms with E-state index in [-0.39, 0.29) is 0 Å². The Labute approximate surface area is 75.6 Å². The molecule has 0 aliphatic heterocycles. The van der Waals surface area contributed by atoms with Crippen LogP contribution >= 0.6 is 0 Å². The average Bonchev–Trinajstić information content (AvgIpc) is 2.13. The minimum absolute atomic E-state index is 0.346. The fraction of sp³-hybridized carbons (Fsp3) is 0.375. The van der Waals surface area contributed by atoms with Gasteiger partial charge in [0.2, 0.25) is 0 Å². The molecule has 1 aromatic rings. The van der Waals surface area contributed by atoms with Gasteiger partial charge in [0.1, 0.15) is 0 Å². The Balaban J connectivity index is 0.000000671. The van der Waals surface area contributed by atoms with Crippen LogP contribution in [0.4, 0.5) is 5.69 Å². The molecule has 5 nitrogen and oxygen atoms in total. The van der Waals surface area contributed by atoms with Crippen LogP contribution in [0.3, 0.4) is 0 Å². The van der Waals surface area contributed by atoms with Gasteiger partial charge in [0.25, 0.3) is 5.43 Å². The van der Waals surface area contributed by atoms with Gasteiger partial charge in [-0.3, -0.25) is 14.9 Å². The fourth-order valence-corrected chi connectivity index (χ4v) is 0.714. The van der Waals surface area contributed by atoms with E-state index in [0.29, 0.717) is 5.56 Å². The number of hydrogen-bond acceptors (Lipinski definition) is 3. The molecule has 0 aromatic carbocycles. The lowest BCUT2D eigenvalue weighted by atomic mass is 10.3. The lowest BCUT2D eigenvalue weighted by Gasteiger charge is -1.90. The molecule has 0 aliphatic carbocycles. The van der Waals surface area contributed by atoms with Crippen molar-refractivity contribution in [3.63, 3.8) is 0 Å². The van der Waals surface area contributed by atoms with Crippen molar-refractivity contribution < 1.29 is 4.92 Å². The summed E-state index contributed by atoms with van der Waals surface area (Å²) in [6.45, 7) is 5.52. The summed E-state index contributed by atoms with van der Waals surface area (Å²) >= 11 is 0. The second-order valence-electron chi connectivity index (χ2n) is 2.11. The molecule has 13 heavy (non-hydrogen) atoms. The van der Waals surface area contributed by atoms with E-state index in [1.807, 2.05) is 13.8 Å². The second kappa shape index (κ2) is 5.08. The zero-order valence-electron chi connectivity index (χ0n) is 7.83. The SMILES string of the molecule is CC.Cc1c[nH]cc([N+](=O)[O-])c1=O. The van der Waals surface area contributed by atoms with Gasteiger partial charge in [-0.25, -0.2) is 0 Å². The summed E-state index contributed by atoms with van der Waals surface area (Å²) in [5, 5.41) is 10.2. The fourth-order valence-electron chi connectivity index (χ4n) is 0.714. The van der Waals surface area contributed by atoms with Crippen LogP contribution in [0.25, 0.3) is 0 Å². The van der Waals surface area contributed by atoms with Crippen LogP contribution < -0.4 is 5.43 Å². The Kier molecular flexibility index (Phi) is 4.43. The van der Waals surface area contributed by atoms with Crippen LogP contribution in [0.5, 0.6) is 0 Å². The standard InChI is InChI=1S/C6H6N2O3.C2H6/c1-4-2-7-3-5(6(4)9)8(10)11;1-2/h2-3H,1H3,(H,7,9);1-2H3. The molecule has 1 rings (SSSR count). The van der Waals surface area contributed by atoms with Crippen molar-refractivity contribution in [2.75, 3.05) is 0 Å². The number of aryl methyl sites for hydroxylation is 1. The highest BCUT2D eigenvalue weighted by Crippen LogP contribution is 2.00. The van der Waals surface area contributed by atoms with Crippen LogP contribution in [0.2, 0.25) is 0 Å². The van der Waals surface area contributed by atoms with Crippen molar-refractivity contribution in [1.82, 2.24) is 4.98 Å². The predicted octanol–water partition coefficient (Wildman–Crippen LogP) is 1.62. The molecule has 0 spiro atoms. The maximum Gasteiger partial charge on any atom is 0.332 e. The Morgan fingerprint density at radius 1 is 1.38 bits per heavy atom. The van der Waals surface area contributed by atoms with E-state index in [9.17, 15) is 14.9 Å². The molecule has 1 aromatic heterocycles. The van der Waals surface area contributed by atoms with Crippen molar-refractivity contribution in [3.05, 3.63) is 38.3 Å². The quantitative estimate of drug-likeness (QED) is 0.532. The topological polar surface area (TPSA) is 76.0 Å². The zero-order valence-corrected chi connectivity index (χ0v) is 7.83. The van der Waals surface area contributed by atoms with E-state index in [2.05, 4.69) is 4.98 Å². The van der Waals surface area contributed by atoms with Crippen molar-refractivity contribution >= 4 is 5.69 Å². The summed E-state index contributed by atoms with van der Waals surface area (Å²) in [7, 11) is 0. The number of rotatable bonds is 1. The van der Waals surface area contributed by atoms with E-state index in [4.69, 9.17) is 0 Å². The first-order chi connectivity index (χ1) is 6.13. The summed E-state index contributed by atoms with van der Waals surface area (Å²) < 4.78 is 0. The van der Waals surface area contributed by atoms with E-state index < -0.39 is 16.0 Å². The molecule has 0 amide bonds. The van der Waals surface area contributed by atoms with E-state index in [0.717, 1.165) is 6.20 Å². The highest BCUT2D eigenvalue weighted by Gasteiger charge is 2.11. The molecule has 72 valence electrons. The van der Waals surface area contributed by atoms with E-state index >= 15 is 0 Å². The number of aromatic nitrogens is 1. The Bertz CT molecular complexity index is 343. The molecular weight excluding hydrogens is 172 g/mol. The van der Waals surface area contributed by atoms with E-state index in [1.165, 1.54) is 13.1 Å². The van der Waals surface area contributed by atoms with Crippen molar-refractivity contribution in [2.45, 2.75) is 20.8 Å². The van der Waals surface area contributed by atoms with Crippen LogP contribution in [0.1, 0.15) is 19.4 Å². The number of nitro groups is 1. The minimum Gasteiger partial charge on any atom is -0.362 e. The minimum atomic E-state index is -0.703. The van der Waals surface area contributed by atoms with Gasteiger partial charge in [-0.05, 0) is 6.92 Å². The van der Waals surface area contributed by atoms with Crippen molar-refractivity contribution in [1.29, 1.82) is 0 Å². The number of nitrogens with zero attached hydrogens (tertiary/aromatic N) is 1. The summed E-state index contributed by atoms with van der Waals surface area (Å²) in [6, 6.07) is 0. The molecule has 1 N–H and O–H groups in total. The van der Waals surface area contributed by atoms with Gasteiger partial charge in [-0.15, -0.1) is 0 Å². The molecule has 0 atom stereocenters. The average molecular weight is 184 g/mol. The van der Waals surface area contributed by atoms with Gasteiger partial charge in [0.15, 0.2) is 0 Å². The zero-order chi connectivity index (χ0) is 10.4. The third-order valence-corrected chi connectivity index (χ3v) is 1.31. The predicted molar refractivity (Wildman–Crippen MR) is 49.8 cm³/mol. The molecule has 0 unspecified atom stereocenters. The van der Waals surface area contributed by atoms with Gasteiger partial charge in [-0.2, -0.15) is 0 Å². The summed E-state index contributed by atoms with van der Waals surface area (Å²) in [5.41, 5.74) is -0.599. The molecule has 0 aliphatic rings. The monoisotopic (exact) mass is 184 g/mol. The van der Waals surface area contributed by atoms with Gasteiger partial charge in [0, 0.05) is 11.8 Å². The summed E-state index contributed by atoms with van der Waals surface area (Å²) in [6.07, 6.45) is 2.50. The molecule has 0 saturated heterocycles. The molecule has 0 bridgehead atoms. The first-order valence-corrected chi connectivity index (χ1v) is 3.95. The lowest BCUT2D eigenvalue weighted by molar-refractivity contribution is -0.386. The first-order valence-electron chi connectivity index (χ1n) is 3.95. The van der Waals surface area contributed by atoms with Crippen LogP contribution in [0.15, 0.2) is 17.2 Å². The van der Waals surface area contributed by atoms with Crippen LogP contribution in [-0.2, 0) is 0 Å². The first kappa shape index (κ1) is 11.4. The van der Waals surface area contributed by atoms with Gasteiger partial charge in [-0.1, -0.05) is 13.8 Å². The highest BCUT2D eigenvalue weighted by atomic mass is 16.6. The van der Waals surface area contributed by atoms with Gasteiger partial charge >= 0.3 is 5.69 Å². The smallest absolute Gasteiger partial charge is 0.332 e. The van der Waals surface area contributed by atoms with Gasteiger partial charge < -0.3 is 4.98 Å². The largest absolute Gasteiger partial charge is 0.362 e. The third kappa shape index (κ3) is 2.70. The number of nitrogens with one attached hydrogen (secondary N) is 1. The molecule has 0 saturated carbocycles. The van der Waals surface area contributed by atoms with Crippen LogP contribution in [0, 0.1) is 17.0 Å². The summed E-state index contributed by atoms with van der Waals surface area (Å²) in [4.78, 5) is 22.9. The van der Waals surface area contributed by atoms with Crippen molar-refractivity contribution in [3.8, 4) is 0 Å². The van der Waals surface area contributed by atoms with E-state index in [1.54, 1.807) is 0 Å². The molecule has 0 radical (unpaired) electrons. The van der Waals surface area contributed by atoms with Crippen molar-refractivity contribution in [2.24, 2.45) is 0 Å². The maximum atomic E-state index is 10.9. The number of aromatic amines is 1. The number of H-pyrrole nitrogens is 1. The second-order valence-corrected chi connectivity index (χ2v) is 2.11. The molecule has 0 fully saturated rings. The molecule has 1 heterocycles. The van der Waals surface area contributed by atoms with Crippen LogP contribution in [-0.4, -0.2) is 9.91 Å². The Morgan fingerprint density at radius 3 is 2.31 bits per heavy atom. The van der Waals surface area contributed by atoms with Gasteiger partial charge in [0.05, 0.1) is 11.1 Å². The molecular formula is C8H12N2O3. The summed E-state index contributed by atoms with van der Waals surface area (Å²) in [5.74, 6) is 0. The lowest BCUT2D eigenvalue weighted by Crippen LogP contribution is -2.10. The number of hydrogen-bond donors (Lipinski definition) is 1. The highest BCUT2D eigenvalue weighted by molar-refractivity contribution is 5.29. The molecule has 5 heteroatoms. The third-order valence-electron chi connectivity index (χ3n) is 1.31. The normalized spacial score (nSPS) is 8.54. The Morgan fingerprint density at radius 2 is 1.92 bits per heavy atom. The maximum absolute atomic E-state index is 10.9.